The van der Waals surface area contributed by atoms with E-state index >= 15 is 0 Å². The summed E-state index contributed by atoms with van der Waals surface area (Å²) in [5.74, 6) is -1.53. The predicted octanol–water partition coefficient (Wildman–Crippen LogP) is 1.75. The molecule has 0 rings (SSSR count). The SMILES string of the molecule is CCC(C)C(O)C(C(=O)O)C(C)C. The van der Waals surface area contributed by atoms with Crippen molar-refractivity contribution in [3.63, 3.8) is 0 Å². The first-order valence-electron chi connectivity index (χ1n) is 4.82. The van der Waals surface area contributed by atoms with Crippen molar-refractivity contribution in [2.24, 2.45) is 17.8 Å². The normalized spacial score (nSPS) is 18.3. The average molecular weight is 188 g/mol. The largest absolute Gasteiger partial charge is 0.481 e. The van der Waals surface area contributed by atoms with Gasteiger partial charge in [-0.3, -0.25) is 4.79 Å². The second-order valence-corrected chi connectivity index (χ2v) is 3.98. The number of hydrogen-bond acceptors (Lipinski definition) is 2. The van der Waals surface area contributed by atoms with Crippen molar-refractivity contribution in [3.8, 4) is 0 Å². The summed E-state index contributed by atoms with van der Waals surface area (Å²) >= 11 is 0. The van der Waals surface area contributed by atoms with E-state index < -0.39 is 18.0 Å². The van der Waals surface area contributed by atoms with Crippen LogP contribution in [0.4, 0.5) is 0 Å². The van der Waals surface area contributed by atoms with Gasteiger partial charge in [-0.1, -0.05) is 34.1 Å². The van der Waals surface area contributed by atoms with E-state index in [0.29, 0.717) is 0 Å². The Morgan fingerprint density at radius 3 is 2.00 bits per heavy atom. The molecule has 3 atom stereocenters. The maximum absolute atomic E-state index is 10.8. The molecule has 0 aliphatic carbocycles. The third-order valence-electron chi connectivity index (χ3n) is 2.60. The molecule has 0 bridgehead atoms. The van der Waals surface area contributed by atoms with E-state index in [2.05, 4.69) is 0 Å². The number of rotatable bonds is 5. The molecule has 13 heavy (non-hydrogen) atoms. The molecule has 0 aliphatic rings. The fourth-order valence-electron chi connectivity index (χ4n) is 1.42. The quantitative estimate of drug-likeness (QED) is 0.691. The molecule has 0 aromatic carbocycles. The summed E-state index contributed by atoms with van der Waals surface area (Å²) in [6.45, 7) is 7.48. The van der Waals surface area contributed by atoms with Crippen molar-refractivity contribution >= 4 is 5.97 Å². The Bertz CT molecular complexity index is 166. The van der Waals surface area contributed by atoms with Crippen molar-refractivity contribution in [1.29, 1.82) is 0 Å². The number of hydrogen-bond donors (Lipinski definition) is 2. The third-order valence-corrected chi connectivity index (χ3v) is 2.60. The molecule has 0 heterocycles. The number of aliphatic hydroxyl groups is 1. The first kappa shape index (κ1) is 12.4. The van der Waals surface area contributed by atoms with Gasteiger partial charge in [-0.15, -0.1) is 0 Å². The zero-order valence-corrected chi connectivity index (χ0v) is 8.82. The number of aliphatic carboxylic acids is 1. The number of aliphatic hydroxyl groups excluding tert-OH is 1. The van der Waals surface area contributed by atoms with Gasteiger partial charge >= 0.3 is 5.97 Å². The molecule has 3 nitrogen and oxygen atoms in total. The Hall–Kier alpha value is -0.570. The van der Waals surface area contributed by atoms with Gasteiger partial charge in [-0.25, -0.2) is 0 Å². The average Bonchev–Trinajstić information content (AvgIpc) is 2.01. The molecule has 3 heteroatoms. The molecular formula is C10H20O3. The number of carboxylic acid groups (broad SMARTS) is 1. The van der Waals surface area contributed by atoms with E-state index in [-0.39, 0.29) is 11.8 Å². The van der Waals surface area contributed by atoms with Crippen molar-refractivity contribution in [3.05, 3.63) is 0 Å². The van der Waals surface area contributed by atoms with Crippen LogP contribution in [0.15, 0.2) is 0 Å². The summed E-state index contributed by atoms with van der Waals surface area (Å²) < 4.78 is 0. The van der Waals surface area contributed by atoms with Gasteiger partial charge in [-0.2, -0.15) is 0 Å². The van der Waals surface area contributed by atoms with Gasteiger partial charge in [0.05, 0.1) is 12.0 Å². The lowest BCUT2D eigenvalue weighted by Crippen LogP contribution is -2.36. The van der Waals surface area contributed by atoms with Crippen LogP contribution in [0.1, 0.15) is 34.1 Å². The van der Waals surface area contributed by atoms with Gasteiger partial charge in [-0.05, 0) is 11.8 Å². The Morgan fingerprint density at radius 2 is 1.77 bits per heavy atom. The van der Waals surface area contributed by atoms with Crippen molar-refractivity contribution in [2.45, 2.75) is 40.2 Å². The molecule has 0 amide bonds. The summed E-state index contributed by atoms with van der Waals surface area (Å²) in [4.78, 5) is 10.8. The maximum atomic E-state index is 10.8. The van der Waals surface area contributed by atoms with Crippen molar-refractivity contribution < 1.29 is 15.0 Å². The molecule has 0 saturated heterocycles. The second-order valence-electron chi connectivity index (χ2n) is 3.98. The van der Waals surface area contributed by atoms with Gasteiger partial charge in [0.15, 0.2) is 0 Å². The zero-order chi connectivity index (χ0) is 10.6. The first-order chi connectivity index (χ1) is 5.91. The van der Waals surface area contributed by atoms with Gasteiger partial charge in [0.1, 0.15) is 0 Å². The molecule has 0 radical (unpaired) electrons. The van der Waals surface area contributed by atoms with Crippen LogP contribution in [0.2, 0.25) is 0 Å². The van der Waals surface area contributed by atoms with Gasteiger partial charge in [0, 0.05) is 0 Å². The molecular weight excluding hydrogens is 168 g/mol. The zero-order valence-electron chi connectivity index (χ0n) is 8.82. The van der Waals surface area contributed by atoms with E-state index in [1.807, 2.05) is 27.7 Å². The van der Waals surface area contributed by atoms with Crippen LogP contribution in [0.3, 0.4) is 0 Å². The molecule has 0 aromatic heterocycles. The van der Waals surface area contributed by atoms with Crippen molar-refractivity contribution in [2.75, 3.05) is 0 Å². The van der Waals surface area contributed by atoms with E-state index in [1.165, 1.54) is 0 Å². The summed E-state index contributed by atoms with van der Waals surface area (Å²) in [5, 5.41) is 18.6. The minimum Gasteiger partial charge on any atom is -0.481 e. The summed E-state index contributed by atoms with van der Waals surface area (Å²) in [7, 11) is 0. The Morgan fingerprint density at radius 1 is 1.31 bits per heavy atom. The highest BCUT2D eigenvalue weighted by Gasteiger charge is 2.32. The lowest BCUT2D eigenvalue weighted by molar-refractivity contribution is -0.149. The lowest BCUT2D eigenvalue weighted by Gasteiger charge is -2.26. The second kappa shape index (κ2) is 5.22. The standard InChI is InChI=1S/C10H20O3/c1-5-7(4)9(11)8(6(2)3)10(12)13/h6-9,11H,5H2,1-4H3,(H,12,13). The van der Waals surface area contributed by atoms with Crippen LogP contribution in [0.5, 0.6) is 0 Å². The first-order valence-corrected chi connectivity index (χ1v) is 4.82. The highest BCUT2D eigenvalue weighted by molar-refractivity contribution is 5.71. The molecule has 0 spiro atoms. The highest BCUT2D eigenvalue weighted by atomic mass is 16.4. The molecule has 0 aliphatic heterocycles. The molecule has 0 saturated carbocycles. The summed E-state index contributed by atoms with van der Waals surface area (Å²) in [5.41, 5.74) is 0. The number of carboxylic acids is 1. The minimum absolute atomic E-state index is 0.0264. The highest BCUT2D eigenvalue weighted by Crippen LogP contribution is 2.23. The van der Waals surface area contributed by atoms with E-state index in [4.69, 9.17) is 5.11 Å². The number of carbonyl (C=O) groups is 1. The molecule has 0 aromatic rings. The third kappa shape index (κ3) is 3.35. The summed E-state index contributed by atoms with van der Waals surface area (Å²) in [6, 6.07) is 0. The minimum atomic E-state index is -0.900. The van der Waals surface area contributed by atoms with E-state index in [1.54, 1.807) is 0 Å². The smallest absolute Gasteiger partial charge is 0.309 e. The van der Waals surface area contributed by atoms with Gasteiger partial charge < -0.3 is 10.2 Å². The molecule has 78 valence electrons. The van der Waals surface area contributed by atoms with Gasteiger partial charge in [0.2, 0.25) is 0 Å². The predicted molar refractivity (Wildman–Crippen MR) is 51.4 cm³/mol. The Kier molecular flexibility index (Phi) is 4.99. The fourth-order valence-corrected chi connectivity index (χ4v) is 1.42. The van der Waals surface area contributed by atoms with E-state index in [9.17, 15) is 9.90 Å². The van der Waals surface area contributed by atoms with Crippen LogP contribution in [0.25, 0.3) is 0 Å². The lowest BCUT2D eigenvalue weighted by atomic mass is 9.83. The van der Waals surface area contributed by atoms with E-state index in [0.717, 1.165) is 6.42 Å². The Labute approximate surface area is 79.8 Å². The maximum Gasteiger partial charge on any atom is 0.309 e. The summed E-state index contributed by atoms with van der Waals surface area (Å²) in [6.07, 6.45) is 0.0694. The van der Waals surface area contributed by atoms with Gasteiger partial charge in [0.25, 0.3) is 0 Å². The van der Waals surface area contributed by atoms with Crippen LogP contribution in [-0.4, -0.2) is 22.3 Å². The van der Waals surface area contributed by atoms with Crippen LogP contribution in [0, 0.1) is 17.8 Å². The molecule has 3 unspecified atom stereocenters. The van der Waals surface area contributed by atoms with Crippen molar-refractivity contribution in [1.82, 2.24) is 0 Å². The molecule has 0 fully saturated rings. The van der Waals surface area contributed by atoms with Crippen LogP contribution < -0.4 is 0 Å². The Balaban J connectivity index is 4.45. The topological polar surface area (TPSA) is 57.5 Å². The fraction of sp³-hybridized carbons (Fsp3) is 0.900. The molecule has 2 N–H and O–H groups in total. The van der Waals surface area contributed by atoms with Crippen LogP contribution in [-0.2, 0) is 4.79 Å². The monoisotopic (exact) mass is 188 g/mol. The van der Waals surface area contributed by atoms with Crippen LogP contribution >= 0.6 is 0 Å².